The maximum absolute atomic E-state index is 5.59. The van der Waals surface area contributed by atoms with Crippen LogP contribution in [0, 0.1) is 6.92 Å². The van der Waals surface area contributed by atoms with Gasteiger partial charge in [-0.05, 0) is 59.3 Å². The molecule has 0 unspecified atom stereocenters. The van der Waals surface area contributed by atoms with E-state index in [0.29, 0.717) is 4.99 Å². The summed E-state index contributed by atoms with van der Waals surface area (Å²) in [5.41, 5.74) is 8.45. The lowest BCUT2D eigenvalue weighted by molar-refractivity contribution is 1.08. The van der Waals surface area contributed by atoms with Crippen LogP contribution in [0.15, 0.2) is 40.9 Å². The lowest BCUT2D eigenvalue weighted by atomic mass is 10.2. The van der Waals surface area contributed by atoms with Crippen LogP contribution >= 0.6 is 28.1 Å². The first-order valence-corrected chi connectivity index (χ1v) is 6.96. The molecule has 0 fully saturated rings. The van der Waals surface area contributed by atoms with Gasteiger partial charge >= 0.3 is 0 Å². The number of pyridine rings is 1. The fraction of sp³-hybridized carbons (Fsp3) is 0.143. The van der Waals surface area contributed by atoms with Crippen LogP contribution in [0.2, 0.25) is 0 Å². The molecule has 0 aliphatic carbocycles. The number of rotatable bonds is 3. The number of thiocarbonyl (C=S) groups is 1. The molecule has 0 saturated heterocycles. The Morgan fingerprint density at radius 1 is 1.21 bits per heavy atom. The molecule has 0 atom stereocenters. The lowest BCUT2D eigenvalue weighted by Gasteiger charge is -2.19. The van der Waals surface area contributed by atoms with E-state index < -0.39 is 0 Å². The number of anilines is 2. The molecule has 2 aromatic rings. The molecule has 3 nitrogen and oxygen atoms in total. The van der Waals surface area contributed by atoms with Gasteiger partial charge in [-0.15, -0.1) is 0 Å². The summed E-state index contributed by atoms with van der Waals surface area (Å²) in [6.07, 6.45) is 0. The number of nitrogens with zero attached hydrogens (tertiary/aromatic N) is 2. The van der Waals surface area contributed by atoms with E-state index >= 15 is 0 Å². The van der Waals surface area contributed by atoms with Crippen LogP contribution in [0.5, 0.6) is 0 Å². The predicted molar refractivity (Wildman–Crippen MR) is 87.1 cm³/mol. The van der Waals surface area contributed by atoms with Crippen LogP contribution in [0.3, 0.4) is 0 Å². The molecule has 1 heterocycles. The largest absolute Gasteiger partial charge is 0.389 e. The number of halogens is 1. The second-order valence-electron chi connectivity index (χ2n) is 4.21. The molecule has 2 N–H and O–H groups in total. The molecule has 19 heavy (non-hydrogen) atoms. The zero-order valence-electron chi connectivity index (χ0n) is 10.7. The normalized spacial score (nSPS) is 10.3. The minimum Gasteiger partial charge on any atom is -0.389 e. The van der Waals surface area contributed by atoms with Crippen molar-refractivity contribution < 1.29 is 0 Å². The molecule has 0 radical (unpaired) electrons. The van der Waals surface area contributed by atoms with Gasteiger partial charge in [-0.3, -0.25) is 0 Å². The van der Waals surface area contributed by atoms with Gasteiger partial charge < -0.3 is 10.6 Å². The summed E-state index contributed by atoms with van der Waals surface area (Å²) in [4.78, 5) is 6.96. The Bertz CT molecular complexity index is 611. The third-order valence-electron chi connectivity index (χ3n) is 2.89. The van der Waals surface area contributed by atoms with Crippen LogP contribution < -0.4 is 10.6 Å². The van der Waals surface area contributed by atoms with Gasteiger partial charge in [0.25, 0.3) is 0 Å². The second kappa shape index (κ2) is 5.67. The summed E-state index contributed by atoms with van der Waals surface area (Å²) >= 11 is 8.39. The number of aromatic nitrogens is 1. The van der Waals surface area contributed by atoms with Gasteiger partial charge in [0.1, 0.15) is 10.8 Å². The minimum absolute atomic E-state index is 0.409. The summed E-state index contributed by atoms with van der Waals surface area (Å²) in [5.74, 6) is 0.892. The molecular weight excluding hydrogens is 322 g/mol. The van der Waals surface area contributed by atoms with Crippen LogP contribution in [-0.4, -0.2) is 17.0 Å². The van der Waals surface area contributed by atoms with Crippen molar-refractivity contribution >= 4 is 44.6 Å². The third-order valence-corrected chi connectivity index (χ3v) is 3.96. The van der Waals surface area contributed by atoms with Crippen molar-refractivity contribution in [2.45, 2.75) is 6.92 Å². The smallest absolute Gasteiger partial charge is 0.133 e. The number of aryl methyl sites for hydroxylation is 1. The number of hydrogen-bond acceptors (Lipinski definition) is 3. The van der Waals surface area contributed by atoms with Crippen LogP contribution in [0.1, 0.15) is 11.3 Å². The molecule has 1 aromatic heterocycles. The average Bonchev–Trinajstić information content (AvgIpc) is 2.41. The molecule has 2 rings (SSSR count). The van der Waals surface area contributed by atoms with Gasteiger partial charge in [-0.1, -0.05) is 12.2 Å². The number of nitrogens with two attached hydrogens (primary N) is 1. The Morgan fingerprint density at radius 2 is 1.84 bits per heavy atom. The first-order chi connectivity index (χ1) is 8.99. The molecule has 0 aliphatic heterocycles. The van der Waals surface area contributed by atoms with E-state index in [1.807, 2.05) is 55.3 Å². The zero-order chi connectivity index (χ0) is 14.0. The van der Waals surface area contributed by atoms with Crippen molar-refractivity contribution in [3.8, 4) is 0 Å². The van der Waals surface area contributed by atoms with Gasteiger partial charge in [-0.25, -0.2) is 4.98 Å². The molecule has 0 bridgehead atoms. The summed E-state index contributed by atoms with van der Waals surface area (Å²) in [6, 6.07) is 11.8. The van der Waals surface area contributed by atoms with Crippen molar-refractivity contribution in [1.82, 2.24) is 4.98 Å². The predicted octanol–water partition coefficient (Wildman–Crippen LogP) is 3.55. The molecule has 1 aromatic carbocycles. The van der Waals surface area contributed by atoms with E-state index in [2.05, 4.69) is 20.9 Å². The third kappa shape index (κ3) is 3.11. The number of benzene rings is 1. The Morgan fingerprint density at radius 3 is 2.37 bits per heavy atom. The highest BCUT2D eigenvalue weighted by Crippen LogP contribution is 2.24. The van der Waals surface area contributed by atoms with Crippen LogP contribution in [0.25, 0.3) is 0 Å². The van der Waals surface area contributed by atoms with Gasteiger partial charge in [-0.2, -0.15) is 0 Å². The summed E-state index contributed by atoms with van der Waals surface area (Å²) in [5, 5.41) is 0. The van der Waals surface area contributed by atoms with E-state index in [9.17, 15) is 0 Å². The highest BCUT2D eigenvalue weighted by Gasteiger charge is 2.07. The van der Waals surface area contributed by atoms with Crippen molar-refractivity contribution in [3.63, 3.8) is 0 Å². The molecule has 98 valence electrons. The van der Waals surface area contributed by atoms with E-state index in [1.54, 1.807) is 0 Å². The van der Waals surface area contributed by atoms with E-state index in [-0.39, 0.29) is 0 Å². The second-order valence-corrected chi connectivity index (χ2v) is 5.50. The maximum atomic E-state index is 5.59. The van der Waals surface area contributed by atoms with E-state index in [0.717, 1.165) is 27.2 Å². The van der Waals surface area contributed by atoms with Crippen molar-refractivity contribution in [2.75, 3.05) is 11.9 Å². The summed E-state index contributed by atoms with van der Waals surface area (Å²) in [6.45, 7) is 1.97. The van der Waals surface area contributed by atoms with Crippen molar-refractivity contribution in [1.29, 1.82) is 0 Å². The highest BCUT2D eigenvalue weighted by molar-refractivity contribution is 9.10. The molecule has 0 spiro atoms. The first kappa shape index (κ1) is 14.0. The molecule has 0 saturated carbocycles. The zero-order valence-corrected chi connectivity index (χ0v) is 13.1. The maximum Gasteiger partial charge on any atom is 0.133 e. The lowest BCUT2D eigenvalue weighted by Crippen LogP contribution is -2.13. The quantitative estimate of drug-likeness (QED) is 0.871. The standard InChI is InChI=1S/C14H14BrN3S/c1-9-12(15)7-8-13(17-9)18(2)11-5-3-10(4-6-11)14(16)19/h3-8H,1-2H3,(H2,16,19). The highest BCUT2D eigenvalue weighted by atomic mass is 79.9. The SMILES string of the molecule is Cc1nc(N(C)c2ccc(C(N)=S)cc2)ccc1Br. The van der Waals surface area contributed by atoms with Crippen molar-refractivity contribution in [3.05, 3.63) is 52.1 Å². The number of hydrogen-bond donors (Lipinski definition) is 1. The van der Waals surface area contributed by atoms with Gasteiger partial charge in [0.05, 0.1) is 5.69 Å². The Kier molecular flexibility index (Phi) is 4.17. The fourth-order valence-corrected chi connectivity index (χ4v) is 2.06. The van der Waals surface area contributed by atoms with Gasteiger partial charge in [0.2, 0.25) is 0 Å². The average molecular weight is 336 g/mol. The molecule has 5 heteroatoms. The van der Waals surface area contributed by atoms with Gasteiger partial charge in [0, 0.05) is 22.8 Å². The van der Waals surface area contributed by atoms with Crippen molar-refractivity contribution in [2.24, 2.45) is 5.73 Å². The Labute approximate surface area is 126 Å². The first-order valence-electron chi connectivity index (χ1n) is 5.76. The Balaban J connectivity index is 2.30. The van der Waals surface area contributed by atoms with E-state index in [1.165, 1.54) is 0 Å². The monoisotopic (exact) mass is 335 g/mol. The Hall–Kier alpha value is -1.46. The van der Waals surface area contributed by atoms with Crippen LogP contribution in [-0.2, 0) is 0 Å². The summed E-state index contributed by atoms with van der Waals surface area (Å²) in [7, 11) is 1.98. The summed E-state index contributed by atoms with van der Waals surface area (Å²) < 4.78 is 1.01. The van der Waals surface area contributed by atoms with E-state index in [4.69, 9.17) is 18.0 Å². The van der Waals surface area contributed by atoms with Gasteiger partial charge in [0.15, 0.2) is 0 Å². The topological polar surface area (TPSA) is 42.2 Å². The molecule has 0 aliphatic rings. The molecule has 0 amide bonds. The fourth-order valence-electron chi connectivity index (χ4n) is 1.70. The molecular formula is C14H14BrN3S. The van der Waals surface area contributed by atoms with Crippen LogP contribution in [0.4, 0.5) is 11.5 Å². The minimum atomic E-state index is 0.409.